The van der Waals surface area contributed by atoms with Gasteiger partial charge in [0, 0.05) is 11.3 Å². The summed E-state index contributed by atoms with van der Waals surface area (Å²) in [6.07, 6.45) is 0. The number of nitrogens with two attached hydrogens (primary N) is 2. The van der Waals surface area contributed by atoms with E-state index in [-0.39, 0.29) is 0 Å². The number of amides is 2. The van der Waals surface area contributed by atoms with E-state index in [2.05, 4.69) is 5.32 Å². The molecule has 6 N–H and O–H groups in total. The summed E-state index contributed by atoms with van der Waals surface area (Å²) in [6, 6.07) is 5.07. The second-order valence-electron chi connectivity index (χ2n) is 3.23. The van der Waals surface area contributed by atoms with Crippen LogP contribution in [-0.2, 0) is 4.79 Å². The average Bonchev–Trinajstić information content (AvgIpc) is 2.26. The molecular formula is C10H13N3O3. The van der Waals surface area contributed by atoms with Crippen LogP contribution in [0.1, 0.15) is 10.4 Å². The highest BCUT2D eigenvalue weighted by molar-refractivity contribution is 5.97. The molecule has 0 bridgehead atoms. The summed E-state index contributed by atoms with van der Waals surface area (Å²) in [6.45, 7) is -0.532. The Morgan fingerprint density at radius 3 is 2.31 bits per heavy atom. The molecule has 0 fully saturated rings. The first kappa shape index (κ1) is 12.0. The van der Waals surface area contributed by atoms with Gasteiger partial charge in [0.2, 0.25) is 5.91 Å². The predicted molar refractivity (Wildman–Crippen MR) is 58.4 cm³/mol. The molecular weight excluding hydrogens is 210 g/mol. The molecule has 86 valence electrons. The summed E-state index contributed by atoms with van der Waals surface area (Å²) in [5.74, 6) is -1.27. The first-order valence-electron chi connectivity index (χ1n) is 4.61. The van der Waals surface area contributed by atoms with Gasteiger partial charge in [0.1, 0.15) is 6.04 Å². The van der Waals surface area contributed by atoms with Crippen molar-refractivity contribution in [2.24, 2.45) is 5.73 Å². The number of nitrogen functional groups attached to an aromatic ring is 1. The molecule has 0 aliphatic carbocycles. The minimum Gasteiger partial charge on any atom is -0.399 e. The van der Waals surface area contributed by atoms with E-state index in [0.717, 1.165) is 0 Å². The lowest BCUT2D eigenvalue weighted by atomic mass is 10.2. The van der Waals surface area contributed by atoms with E-state index in [4.69, 9.17) is 16.6 Å². The first-order valence-corrected chi connectivity index (χ1v) is 4.61. The Kier molecular flexibility index (Phi) is 3.84. The standard InChI is InChI=1S/C10H13N3O3/c11-7-3-1-6(2-4-7)10(16)13-8(5-14)9(12)15/h1-4,8,14H,5,11H2,(H2,12,15)(H,13,16). The van der Waals surface area contributed by atoms with Gasteiger partial charge in [-0.25, -0.2) is 0 Å². The summed E-state index contributed by atoms with van der Waals surface area (Å²) in [4.78, 5) is 22.3. The van der Waals surface area contributed by atoms with Crippen LogP contribution in [-0.4, -0.2) is 29.6 Å². The van der Waals surface area contributed by atoms with Crippen molar-refractivity contribution < 1.29 is 14.7 Å². The molecule has 0 aliphatic heterocycles. The number of aliphatic hydroxyl groups excluding tert-OH is 1. The van der Waals surface area contributed by atoms with Crippen molar-refractivity contribution in [2.45, 2.75) is 6.04 Å². The number of benzene rings is 1. The third kappa shape index (κ3) is 2.96. The molecule has 6 heteroatoms. The van der Waals surface area contributed by atoms with Crippen LogP contribution in [0.3, 0.4) is 0 Å². The fourth-order valence-electron chi connectivity index (χ4n) is 1.08. The number of anilines is 1. The monoisotopic (exact) mass is 223 g/mol. The molecule has 0 radical (unpaired) electrons. The number of carbonyl (C=O) groups is 2. The Bertz CT molecular complexity index is 389. The molecule has 0 saturated carbocycles. The zero-order valence-electron chi connectivity index (χ0n) is 8.51. The molecule has 0 saturated heterocycles. The number of hydrogen-bond acceptors (Lipinski definition) is 4. The quantitative estimate of drug-likeness (QED) is 0.481. The zero-order chi connectivity index (χ0) is 12.1. The van der Waals surface area contributed by atoms with Crippen molar-refractivity contribution >= 4 is 17.5 Å². The van der Waals surface area contributed by atoms with E-state index in [9.17, 15) is 9.59 Å². The van der Waals surface area contributed by atoms with Crippen molar-refractivity contribution in [3.8, 4) is 0 Å². The van der Waals surface area contributed by atoms with E-state index >= 15 is 0 Å². The maximum absolute atomic E-state index is 11.6. The predicted octanol–water partition coefficient (Wildman–Crippen LogP) is -1.16. The van der Waals surface area contributed by atoms with Crippen molar-refractivity contribution in [2.75, 3.05) is 12.3 Å². The van der Waals surface area contributed by atoms with Gasteiger partial charge in [0.25, 0.3) is 5.91 Å². The summed E-state index contributed by atoms with van der Waals surface area (Å²) < 4.78 is 0. The van der Waals surface area contributed by atoms with Crippen LogP contribution < -0.4 is 16.8 Å². The number of nitrogens with one attached hydrogen (secondary N) is 1. The van der Waals surface area contributed by atoms with Gasteiger partial charge in [-0.15, -0.1) is 0 Å². The van der Waals surface area contributed by atoms with Crippen LogP contribution >= 0.6 is 0 Å². The highest BCUT2D eigenvalue weighted by Gasteiger charge is 2.17. The van der Waals surface area contributed by atoms with Crippen LogP contribution in [0.15, 0.2) is 24.3 Å². The van der Waals surface area contributed by atoms with Crippen LogP contribution in [0.25, 0.3) is 0 Å². The molecule has 1 aromatic rings. The molecule has 1 aromatic carbocycles. The number of primary amides is 1. The SMILES string of the molecule is NC(=O)C(CO)NC(=O)c1ccc(N)cc1. The van der Waals surface area contributed by atoms with Crippen LogP contribution in [0.5, 0.6) is 0 Å². The topological polar surface area (TPSA) is 118 Å². The number of hydrogen-bond donors (Lipinski definition) is 4. The minimum atomic E-state index is -1.08. The van der Waals surface area contributed by atoms with Crippen LogP contribution in [0.2, 0.25) is 0 Å². The fraction of sp³-hybridized carbons (Fsp3) is 0.200. The van der Waals surface area contributed by atoms with Crippen molar-refractivity contribution in [3.63, 3.8) is 0 Å². The Morgan fingerprint density at radius 2 is 1.88 bits per heavy atom. The van der Waals surface area contributed by atoms with Crippen LogP contribution in [0.4, 0.5) is 5.69 Å². The van der Waals surface area contributed by atoms with Crippen molar-refractivity contribution in [3.05, 3.63) is 29.8 Å². The lowest BCUT2D eigenvalue weighted by molar-refractivity contribution is -0.120. The third-order valence-electron chi connectivity index (χ3n) is 2.00. The lowest BCUT2D eigenvalue weighted by Gasteiger charge is -2.12. The number of aliphatic hydroxyl groups is 1. The molecule has 0 aromatic heterocycles. The molecule has 2 amide bonds. The minimum absolute atomic E-state index is 0.342. The van der Waals surface area contributed by atoms with E-state index in [1.165, 1.54) is 12.1 Å². The normalized spacial score (nSPS) is 11.8. The van der Waals surface area contributed by atoms with E-state index in [1.54, 1.807) is 12.1 Å². The molecule has 0 heterocycles. The second kappa shape index (κ2) is 5.13. The Balaban J connectivity index is 2.71. The summed E-state index contributed by atoms with van der Waals surface area (Å²) in [5, 5.41) is 11.1. The summed E-state index contributed by atoms with van der Waals surface area (Å²) in [7, 11) is 0. The smallest absolute Gasteiger partial charge is 0.251 e. The average molecular weight is 223 g/mol. The van der Waals surface area contributed by atoms with Crippen molar-refractivity contribution in [1.82, 2.24) is 5.32 Å². The number of carbonyl (C=O) groups excluding carboxylic acids is 2. The molecule has 1 rings (SSSR count). The maximum Gasteiger partial charge on any atom is 0.251 e. The van der Waals surface area contributed by atoms with E-state index in [0.29, 0.717) is 11.3 Å². The molecule has 1 unspecified atom stereocenters. The van der Waals surface area contributed by atoms with Gasteiger partial charge in [0.15, 0.2) is 0 Å². The van der Waals surface area contributed by atoms with Gasteiger partial charge in [-0.2, -0.15) is 0 Å². The second-order valence-corrected chi connectivity index (χ2v) is 3.23. The first-order chi connectivity index (χ1) is 7.54. The zero-order valence-corrected chi connectivity index (χ0v) is 8.51. The molecule has 16 heavy (non-hydrogen) atoms. The van der Waals surface area contributed by atoms with E-state index in [1.807, 2.05) is 0 Å². The fourth-order valence-corrected chi connectivity index (χ4v) is 1.08. The van der Waals surface area contributed by atoms with Gasteiger partial charge >= 0.3 is 0 Å². The lowest BCUT2D eigenvalue weighted by Crippen LogP contribution is -2.46. The van der Waals surface area contributed by atoms with Gasteiger partial charge < -0.3 is 21.9 Å². The van der Waals surface area contributed by atoms with Crippen LogP contribution in [0, 0.1) is 0 Å². The Morgan fingerprint density at radius 1 is 1.31 bits per heavy atom. The molecule has 6 nitrogen and oxygen atoms in total. The van der Waals surface area contributed by atoms with Gasteiger partial charge in [-0.1, -0.05) is 0 Å². The Hall–Kier alpha value is -2.08. The maximum atomic E-state index is 11.6. The van der Waals surface area contributed by atoms with Gasteiger partial charge in [-0.3, -0.25) is 9.59 Å². The molecule has 0 aliphatic rings. The largest absolute Gasteiger partial charge is 0.399 e. The summed E-state index contributed by atoms with van der Waals surface area (Å²) in [5.41, 5.74) is 11.3. The summed E-state index contributed by atoms with van der Waals surface area (Å²) >= 11 is 0. The highest BCUT2D eigenvalue weighted by atomic mass is 16.3. The van der Waals surface area contributed by atoms with E-state index < -0.39 is 24.5 Å². The molecule has 0 spiro atoms. The Labute approximate surface area is 92.2 Å². The molecule has 1 atom stereocenters. The van der Waals surface area contributed by atoms with Gasteiger partial charge in [-0.05, 0) is 24.3 Å². The highest BCUT2D eigenvalue weighted by Crippen LogP contribution is 2.05. The van der Waals surface area contributed by atoms with Gasteiger partial charge in [0.05, 0.1) is 6.61 Å². The third-order valence-corrected chi connectivity index (χ3v) is 2.00. The number of rotatable bonds is 4. The van der Waals surface area contributed by atoms with Crippen molar-refractivity contribution in [1.29, 1.82) is 0 Å².